The van der Waals surface area contributed by atoms with Crippen molar-refractivity contribution in [3.63, 3.8) is 0 Å². The molecule has 0 aromatic heterocycles. The maximum absolute atomic E-state index is 10.2. The molecule has 0 aliphatic carbocycles. The zero-order chi connectivity index (χ0) is 13.2. The monoisotopic (exact) mass is 252 g/mol. The summed E-state index contributed by atoms with van der Waals surface area (Å²) in [5.41, 5.74) is 0.306. The number of fused-ring (bicyclic) bond motifs is 1. The van der Waals surface area contributed by atoms with E-state index < -0.39 is 11.7 Å². The Kier molecular flexibility index (Phi) is 3.78. The van der Waals surface area contributed by atoms with Crippen LogP contribution < -0.4 is 9.47 Å². The van der Waals surface area contributed by atoms with E-state index in [4.69, 9.17) is 14.2 Å². The van der Waals surface area contributed by atoms with Crippen molar-refractivity contribution in [1.82, 2.24) is 0 Å². The molecule has 0 saturated heterocycles. The number of hydrogen-bond donors (Lipinski definition) is 1. The molecule has 1 N–H and O–H groups in total. The fourth-order valence-corrected chi connectivity index (χ4v) is 2.24. The van der Waals surface area contributed by atoms with Gasteiger partial charge in [0, 0.05) is 18.6 Å². The van der Waals surface area contributed by atoms with Crippen molar-refractivity contribution < 1.29 is 19.3 Å². The molecule has 0 amide bonds. The zero-order valence-corrected chi connectivity index (χ0v) is 11.1. The number of aliphatic hydroxyl groups is 1. The van der Waals surface area contributed by atoms with Gasteiger partial charge in [0.2, 0.25) is 0 Å². The highest BCUT2D eigenvalue weighted by molar-refractivity contribution is 5.43. The van der Waals surface area contributed by atoms with Crippen LogP contribution in [0.4, 0.5) is 0 Å². The van der Waals surface area contributed by atoms with Gasteiger partial charge in [0.1, 0.15) is 17.1 Å². The average Bonchev–Trinajstić information content (AvgIpc) is 2.36. The van der Waals surface area contributed by atoms with Gasteiger partial charge in [-0.3, -0.25) is 0 Å². The van der Waals surface area contributed by atoms with E-state index in [1.807, 2.05) is 32.0 Å². The minimum atomic E-state index is -0.547. The summed E-state index contributed by atoms with van der Waals surface area (Å²) in [6.07, 6.45) is -0.0259. The quantitative estimate of drug-likeness (QED) is 0.893. The third kappa shape index (κ3) is 2.60. The summed E-state index contributed by atoms with van der Waals surface area (Å²) in [5, 5.41) is 10.2. The van der Waals surface area contributed by atoms with Crippen molar-refractivity contribution in [1.29, 1.82) is 0 Å². The summed E-state index contributed by atoms with van der Waals surface area (Å²) in [6, 6.07) is 5.49. The molecule has 0 spiro atoms. The number of aliphatic hydroxyl groups excluding tert-OH is 1. The van der Waals surface area contributed by atoms with Gasteiger partial charge in [0.25, 0.3) is 0 Å². The van der Waals surface area contributed by atoms with Gasteiger partial charge in [-0.25, -0.2) is 0 Å². The van der Waals surface area contributed by atoms with Crippen LogP contribution in [0.25, 0.3) is 0 Å². The Balaban J connectivity index is 2.23. The fourth-order valence-electron chi connectivity index (χ4n) is 2.24. The minimum Gasteiger partial charge on any atom is -0.497 e. The van der Waals surface area contributed by atoms with E-state index in [1.165, 1.54) is 0 Å². The lowest BCUT2D eigenvalue weighted by Crippen LogP contribution is -2.42. The Morgan fingerprint density at radius 2 is 2.28 bits per heavy atom. The zero-order valence-electron chi connectivity index (χ0n) is 11.1. The van der Waals surface area contributed by atoms with Crippen LogP contribution in [0.3, 0.4) is 0 Å². The van der Waals surface area contributed by atoms with Gasteiger partial charge >= 0.3 is 0 Å². The summed E-state index contributed by atoms with van der Waals surface area (Å²) >= 11 is 0. The number of hydrogen-bond acceptors (Lipinski definition) is 4. The molecule has 0 saturated carbocycles. The molecule has 0 fully saturated rings. The Morgan fingerprint density at radius 1 is 1.50 bits per heavy atom. The standard InChI is InChI=1S/C14H20O4/c1-4-17-9-14(2)8-12(15)11-7-10(16-3)5-6-13(11)18-14/h5-7,12,15H,4,8-9H2,1-3H3. The normalized spacial score (nSPS) is 26.3. The van der Waals surface area contributed by atoms with Gasteiger partial charge < -0.3 is 19.3 Å². The van der Waals surface area contributed by atoms with Gasteiger partial charge in [-0.05, 0) is 32.0 Å². The Bertz CT molecular complexity index is 418. The molecule has 1 aliphatic heterocycles. The molecule has 0 radical (unpaired) electrons. The third-order valence-corrected chi connectivity index (χ3v) is 3.17. The Labute approximate surface area is 107 Å². The van der Waals surface area contributed by atoms with Gasteiger partial charge in [-0.2, -0.15) is 0 Å². The van der Waals surface area contributed by atoms with Crippen molar-refractivity contribution >= 4 is 0 Å². The second-order valence-corrected chi connectivity index (χ2v) is 4.81. The molecule has 4 heteroatoms. The first kappa shape index (κ1) is 13.2. The third-order valence-electron chi connectivity index (χ3n) is 3.17. The summed E-state index contributed by atoms with van der Waals surface area (Å²) < 4.78 is 16.5. The lowest BCUT2D eigenvalue weighted by molar-refractivity contribution is -0.0575. The maximum Gasteiger partial charge on any atom is 0.132 e. The van der Waals surface area contributed by atoms with Gasteiger partial charge in [0.15, 0.2) is 0 Å². The number of rotatable bonds is 4. The highest BCUT2D eigenvalue weighted by atomic mass is 16.5. The molecule has 2 atom stereocenters. The lowest BCUT2D eigenvalue weighted by atomic mass is 9.90. The first-order valence-electron chi connectivity index (χ1n) is 6.21. The molecule has 18 heavy (non-hydrogen) atoms. The van der Waals surface area contributed by atoms with Crippen LogP contribution in [0, 0.1) is 0 Å². The summed E-state index contributed by atoms with van der Waals surface area (Å²) in [5.74, 6) is 1.43. The van der Waals surface area contributed by atoms with Crippen molar-refractivity contribution in [3.8, 4) is 11.5 Å². The summed E-state index contributed by atoms with van der Waals surface area (Å²) in [6.45, 7) is 5.02. The van der Waals surface area contributed by atoms with Crippen LogP contribution in [-0.4, -0.2) is 31.0 Å². The smallest absolute Gasteiger partial charge is 0.132 e. The molecule has 4 nitrogen and oxygen atoms in total. The predicted octanol–water partition coefficient (Wildman–Crippen LogP) is 2.31. The minimum absolute atomic E-state index is 0.475. The van der Waals surface area contributed by atoms with Crippen LogP contribution in [0.15, 0.2) is 18.2 Å². The van der Waals surface area contributed by atoms with Crippen molar-refractivity contribution in [2.24, 2.45) is 0 Å². The second kappa shape index (κ2) is 5.16. The van der Waals surface area contributed by atoms with E-state index in [1.54, 1.807) is 7.11 Å². The number of benzene rings is 1. The van der Waals surface area contributed by atoms with Crippen molar-refractivity contribution in [2.45, 2.75) is 32.0 Å². The van der Waals surface area contributed by atoms with Crippen LogP contribution in [0.2, 0.25) is 0 Å². The molecule has 0 bridgehead atoms. The van der Waals surface area contributed by atoms with E-state index in [0.29, 0.717) is 25.4 Å². The summed E-state index contributed by atoms with van der Waals surface area (Å²) in [7, 11) is 1.61. The molecule has 1 aliphatic rings. The first-order valence-corrected chi connectivity index (χ1v) is 6.21. The van der Waals surface area contributed by atoms with Crippen LogP contribution in [0.5, 0.6) is 11.5 Å². The van der Waals surface area contributed by atoms with E-state index >= 15 is 0 Å². The Morgan fingerprint density at radius 3 is 2.94 bits per heavy atom. The van der Waals surface area contributed by atoms with Gasteiger partial charge in [-0.15, -0.1) is 0 Å². The van der Waals surface area contributed by atoms with Gasteiger partial charge in [-0.1, -0.05) is 0 Å². The SMILES string of the molecule is CCOCC1(C)CC(O)c2cc(OC)ccc2O1. The molecule has 2 rings (SSSR count). The van der Waals surface area contributed by atoms with Crippen LogP contribution in [-0.2, 0) is 4.74 Å². The maximum atomic E-state index is 10.2. The number of methoxy groups -OCH3 is 1. The molecular formula is C14H20O4. The number of ether oxygens (including phenoxy) is 3. The topological polar surface area (TPSA) is 47.9 Å². The average molecular weight is 252 g/mol. The van der Waals surface area contributed by atoms with Crippen molar-refractivity contribution in [2.75, 3.05) is 20.3 Å². The van der Waals surface area contributed by atoms with Crippen LogP contribution in [0.1, 0.15) is 31.9 Å². The summed E-state index contributed by atoms with van der Waals surface area (Å²) in [4.78, 5) is 0. The fraction of sp³-hybridized carbons (Fsp3) is 0.571. The van der Waals surface area contributed by atoms with E-state index in [-0.39, 0.29) is 0 Å². The van der Waals surface area contributed by atoms with Crippen LogP contribution >= 0.6 is 0 Å². The highest BCUT2D eigenvalue weighted by Crippen LogP contribution is 2.41. The van der Waals surface area contributed by atoms with E-state index in [9.17, 15) is 5.11 Å². The molecule has 1 heterocycles. The highest BCUT2D eigenvalue weighted by Gasteiger charge is 2.37. The van der Waals surface area contributed by atoms with E-state index in [0.717, 1.165) is 11.3 Å². The van der Waals surface area contributed by atoms with Crippen molar-refractivity contribution in [3.05, 3.63) is 23.8 Å². The predicted molar refractivity (Wildman–Crippen MR) is 68.1 cm³/mol. The molecule has 1 aromatic rings. The molecule has 1 aromatic carbocycles. The largest absolute Gasteiger partial charge is 0.497 e. The molecule has 100 valence electrons. The van der Waals surface area contributed by atoms with Gasteiger partial charge in [0.05, 0.1) is 19.8 Å². The Hall–Kier alpha value is -1.26. The van der Waals surface area contributed by atoms with E-state index in [2.05, 4.69) is 0 Å². The molecule has 2 unspecified atom stereocenters. The molecular weight excluding hydrogens is 232 g/mol. The lowest BCUT2D eigenvalue weighted by Gasteiger charge is -2.38. The second-order valence-electron chi connectivity index (χ2n) is 4.81. The first-order chi connectivity index (χ1) is 8.58.